The predicted octanol–water partition coefficient (Wildman–Crippen LogP) is 3.40. The van der Waals surface area contributed by atoms with E-state index in [4.69, 9.17) is 5.26 Å². The molecule has 27 heavy (non-hydrogen) atoms. The minimum atomic E-state index is -0.340. The first-order chi connectivity index (χ1) is 13.1. The van der Waals surface area contributed by atoms with Gasteiger partial charge in [-0.05, 0) is 36.8 Å². The first kappa shape index (κ1) is 18.7. The van der Waals surface area contributed by atoms with Gasteiger partial charge in [0.05, 0.1) is 16.9 Å². The number of anilines is 1. The number of benzene rings is 2. The normalized spacial score (nSPS) is 11.6. The highest BCUT2D eigenvalue weighted by molar-refractivity contribution is 8.00. The van der Waals surface area contributed by atoms with Crippen molar-refractivity contribution in [2.45, 2.75) is 23.8 Å². The molecule has 0 aliphatic heterocycles. The van der Waals surface area contributed by atoms with Crippen molar-refractivity contribution in [2.24, 2.45) is 7.05 Å². The maximum atomic E-state index is 12.4. The summed E-state index contributed by atoms with van der Waals surface area (Å²) < 4.78 is 1.92. The average Bonchev–Trinajstić information content (AvgIpc) is 3.03. The van der Waals surface area contributed by atoms with Gasteiger partial charge in [-0.2, -0.15) is 5.26 Å². The number of thioether (sulfide) groups is 1. The van der Waals surface area contributed by atoms with Crippen LogP contribution in [-0.4, -0.2) is 25.9 Å². The molecule has 3 aromatic rings. The van der Waals surface area contributed by atoms with Gasteiger partial charge in [-0.1, -0.05) is 42.1 Å². The van der Waals surface area contributed by atoms with Gasteiger partial charge in [0.2, 0.25) is 5.91 Å². The lowest BCUT2D eigenvalue weighted by molar-refractivity contribution is -0.115. The molecule has 2 aromatic carbocycles. The van der Waals surface area contributed by atoms with Gasteiger partial charge in [0, 0.05) is 19.2 Å². The molecule has 136 valence electrons. The molecule has 0 aliphatic carbocycles. The van der Waals surface area contributed by atoms with Crippen LogP contribution in [0.4, 0.5) is 5.69 Å². The molecule has 0 unspecified atom stereocenters. The fourth-order valence-electron chi connectivity index (χ4n) is 2.46. The van der Waals surface area contributed by atoms with E-state index < -0.39 is 0 Å². The Hall–Kier alpha value is -3.11. The van der Waals surface area contributed by atoms with Crippen molar-refractivity contribution in [1.82, 2.24) is 14.8 Å². The maximum absolute atomic E-state index is 12.4. The first-order valence-electron chi connectivity index (χ1n) is 8.46. The van der Waals surface area contributed by atoms with Gasteiger partial charge in [-0.3, -0.25) is 4.79 Å². The Morgan fingerprint density at radius 1 is 1.19 bits per heavy atom. The summed E-state index contributed by atoms with van der Waals surface area (Å²) in [5, 5.41) is 20.5. The molecular formula is C20H19N5OS. The molecule has 0 spiro atoms. The Morgan fingerprint density at radius 3 is 2.56 bits per heavy atom. The molecular weight excluding hydrogens is 358 g/mol. The second-order valence-corrected chi connectivity index (χ2v) is 7.37. The Bertz CT molecular complexity index is 960. The molecule has 7 heteroatoms. The Balaban J connectivity index is 1.62. The highest BCUT2D eigenvalue weighted by Crippen LogP contribution is 2.23. The highest BCUT2D eigenvalue weighted by Gasteiger charge is 2.19. The fraction of sp³-hybridized carbons (Fsp3) is 0.200. The largest absolute Gasteiger partial charge is 0.325 e. The third-order valence-electron chi connectivity index (χ3n) is 4.06. The van der Waals surface area contributed by atoms with Crippen LogP contribution in [0.3, 0.4) is 0 Å². The van der Waals surface area contributed by atoms with E-state index in [0.717, 1.165) is 11.4 Å². The molecule has 0 fully saturated rings. The van der Waals surface area contributed by atoms with Crippen molar-refractivity contribution < 1.29 is 4.79 Å². The van der Waals surface area contributed by atoms with Crippen molar-refractivity contribution in [3.05, 3.63) is 71.5 Å². The smallest absolute Gasteiger partial charge is 0.237 e. The van der Waals surface area contributed by atoms with Crippen LogP contribution in [0.2, 0.25) is 0 Å². The van der Waals surface area contributed by atoms with Gasteiger partial charge in [-0.25, -0.2) is 0 Å². The lowest BCUT2D eigenvalue weighted by Crippen LogP contribution is -2.22. The summed E-state index contributed by atoms with van der Waals surface area (Å²) in [7, 11) is 1.91. The summed E-state index contributed by atoms with van der Waals surface area (Å²) in [6, 6.07) is 18.9. The van der Waals surface area contributed by atoms with Crippen molar-refractivity contribution in [3.8, 4) is 6.07 Å². The topological polar surface area (TPSA) is 83.6 Å². The first-order valence-corrected chi connectivity index (χ1v) is 9.34. The van der Waals surface area contributed by atoms with E-state index in [2.05, 4.69) is 33.7 Å². The quantitative estimate of drug-likeness (QED) is 0.666. The van der Waals surface area contributed by atoms with E-state index in [1.807, 2.05) is 36.7 Å². The third-order valence-corrected chi connectivity index (χ3v) is 5.20. The predicted molar refractivity (Wildman–Crippen MR) is 105 cm³/mol. The Labute approximate surface area is 162 Å². The van der Waals surface area contributed by atoms with Crippen LogP contribution >= 0.6 is 11.8 Å². The molecule has 3 rings (SSSR count). The zero-order chi connectivity index (χ0) is 19.2. The number of hydrogen-bond donors (Lipinski definition) is 1. The van der Waals surface area contributed by atoms with Gasteiger partial charge in [0.1, 0.15) is 5.82 Å². The Morgan fingerprint density at radius 2 is 1.89 bits per heavy atom. The summed E-state index contributed by atoms with van der Waals surface area (Å²) in [6.07, 6.45) is 0.691. The SMILES string of the molecule is C[C@@H](Sc1nnc(Cc2ccccc2)n1C)C(=O)Nc1ccc(C#N)cc1. The number of rotatable bonds is 6. The minimum absolute atomic E-state index is 0.127. The number of hydrogen-bond acceptors (Lipinski definition) is 5. The maximum Gasteiger partial charge on any atom is 0.237 e. The monoisotopic (exact) mass is 377 g/mol. The molecule has 0 saturated carbocycles. The Kier molecular flexibility index (Phi) is 5.89. The highest BCUT2D eigenvalue weighted by atomic mass is 32.2. The second kappa shape index (κ2) is 8.52. The molecule has 6 nitrogen and oxygen atoms in total. The number of aromatic nitrogens is 3. The van der Waals surface area contributed by atoms with Crippen molar-refractivity contribution >= 4 is 23.4 Å². The summed E-state index contributed by atoms with van der Waals surface area (Å²) >= 11 is 1.36. The molecule has 0 bridgehead atoms. The van der Waals surface area contributed by atoms with Gasteiger partial charge in [-0.15, -0.1) is 10.2 Å². The van der Waals surface area contributed by atoms with Crippen LogP contribution in [0.5, 0.6) is 0 Å². The van der Waals surface area contributed by atoms with Crippen molar-refractivity contribution in [3.63, 3.8) is 0 Å². The molecule has 1 amide bonds. The molecule has 1 N–H and O–H groups in total. The van der Waals surface area contributed by atoms with Crippen LogP contribution in [0.25, 0.3) is 0 Å². The lowest BCUT2D eigenvalue weighted by atomic mass is 10.1. The van der Waals surface area contributed by atoms with E-state index in [9.17, 15) is 4.79 Å². The van der Waals surface area contributed by atoms with E-state index in [0.29, 0.717) is 22.8 Å². The van der Waals surface area contributed by atoms with Crippen LogP contribution in [-0.2, 0) is 18.3 Å². The zero-order valence-corrected chi connectivity index (χ0v) is 15.9. The third kappa shape index (κ3) is 4.74. The molecule has 0 aliphatic rings. The number of nitriles is 1. The molecule has 0 radical (unpaired) electrons. The molecule has 0 saturated heterocycles. The number of carbonyl (C=O) groups excluding carboxylic acids is 1. The minimum Gasteiger partial charge on any atom is -0.325 e. The summed E-state index contributed by atoms with van der Waals surface area (Å²) in [6.45, 7) is 1.83. The van der Waals surface area contributed by atoms with Gasteiger partial charge in [0.25, 0.3) is 0 Å². The van der Waals surface area contributed by atoms with Gasteiger partial charge >= 0.3 is 0 Å². The van der Waals surface area contributed by atoms with Crippen LogP contribution in [0.1, 0.15) is 23.9 Å². The summed E-state index contributed by atoms with van der Waals surface area (Å²) in [5.41, 5.74) is 2.38. The molecule has 1 aromatic heterocycles. The van der Waals surface area contributed by atoms with Crippen LogP contribution < -0.4 is 5.32 Å². The fourth-order valence-corrected chi connectivity index (χ4v) is 3.30. The van der Waals surface area contributed by atoms with E-state index in [1.165, 1.54) is 11.8 Å². The van der Waals surface area contributed by atoms with E-state index in [-0.39, 0.29) is 11.2 Å². The van der Waals surface area contributed by atoms with Crippen LogP contribution in [0.15, 0.2) is 59.8 Å². The molecule has 1 atom stereocenters. The van der Waals surface area contributed by atoms with Crippen molar-refractivity contribution in [1.29, 1.82) is 5.26 Å². The van der Waals surface area contributed by atoms with Gasteiger partial charge < -0.3 is 9.88 Å². The number of carbonyl (C=O) groups is 1. The average molecular weight is 377 g/mol. The van der Waals surface area contributed by atoms with E-state index >= 15 is 0 Å². The van der Waals surface area contributed by atoms with Crippen LogP contribution in [0, 0.1) is 11.3 Å². The van der Waals surface area contributed by atoms with Gasteiger partial charge in [0.15, 0.2) is 5.16 Å². The zero-order valence-electron chi connectivity index (χ0n) is 15.1. The van der Waals surface area contributed by atoms with E-state index in [1.54, 1.807) is 24.3 Å². The number of nitrogens with zero attached hydrogens (tertiary/aromatic N) is 4. The number of nitrogens with one attached hydrogen (secondary N) is 1. The van der Waals surface area contributed by atoms with Crippen molar-refractivity contribution in [2.75, 3.05) is 5.32 Å². The summed E-state index contributed by atoms with van der Waals surface area (Å²) in [4.78, 5) is 12.4. The summed E-state index contributed by atoms with van der Waals surface area (Å²) in [5.74, 6) is 0.723. The number of amides is 1. The standard InChI is InChI=1S/C20H19N5OS/c1-14(19(26)22-17-10-8-16(13-21)9-11-17)27-20-24-23-18(25(20)2)12-15-6-4-3-5-7-15/h3-11,14H,12H2,1-2H3,(H,22,26)/t14-/m1/s1. The second-order valence-electron chi connectivity index (χ2n) is 6.06. The molecule has 1 heterocycles. The lowest BCUT2D eigenvalue weighted by Gasteiger charge is -2.11.